The molecule has 0 bridgehead atoms. The van der Waals surface area contributed by atoms with Gasteiger partial charge < -0.3 is 32.3 Å². The summed E-state index contributed by atoms with van der Waals surface area (Å²) in [5, 5.41) is 14.4. The Morgan fingerprint density at radius 1 is 0.720 bits per heavy atom. The second kappa shape index (κ2) is 21.0. The second-order valence-electron chi connectivity index (χ2n) is 14.4. The summed E-state index contributed by atoms with van der Waals surface area (Å²) in [6.45, 7) is 15.3. The fourth-order valence-electron chi connectivity index (χ4n) is 5.51. The van der Waals surface area contributed by atoms with Crippen LogP contribution in [0, 0.1) is 23.7 Å². The van der Waals surface area contributed by atoms with E-state index in [0.717, 1.165) is 5.56 Å². The van der Waals surface area contributed by atoms with Crippen molar-refractivity contribution in [3.63, 3.8) is 0 Å². The molecule has 12 heteroatoms. The first kappa shape index (κ1) is 41.8. The van der Waals surface area contributed by atoms with Crippen LogP contribution in [-0.2, 0) is 30.4 Å². The highest BCUT2D eigenvalue weighted by Crippen LogP contribution is 2.15. The summed E-state index contributed by atoms with van der Waals surface area (Å²) in [7, 11) is 0. The molecule has 0 aliphatic carbocycles. The van der Waals surface area contributed by atoms with Gasteiger partial charge in [-0.3, -0.25) is 29.0 Å². The highest BCUT2D eigenvalue weighted by molar-refractivity contribution is 5.97. The highest BCUT2D eigenvalue weighted by atomic mass is 16.2. The lowest BCUT2D eigenvalue weighted by atomic mass is 9.94. The molecule has 276 valence electrons. The Bertz CT molecular complexity index is 1370. The standard InChI is InChI=1S/C38H59N7O5/c1-9-26(8)35(38(50)41-28-16-13-17-40-22-28)44-33(47)21-29(39)30(20-27-14-11-10-12-15-27)43-37(49)34(25(6)7)45-36(48)31(18-23(2)3)42-32(46)19-24(4)5/h10-17,22-26,29-31,34-35H,9,18-21,39H2,1-8H3,(H,41,50)(H,42,46)(H,43,49)(H,44,47)(H,45,48)/t26-,29-,30-,31-,34?,35-/m0/s1. The van der Waals surface area contributed by atoms with Crippen molar-refractivity contribution in [1.82, 2.24) is 26.3 Å². The average molecular weight is 694 g/mol. The van der Waals surface area contributed by atoms with Gasteiger partial charge in [0.1, 0.15) is 18.1 Å². The third-order valence-corrected chi connectivity index (χ3v) is 8.50. The van der Waals surface area contributed by atoms with Gasteiger partial charge in [0.2, 0.25) is 29.5 Å². The summed E-state index contributed by atoms with van der Waals surface area (Å²) < 4.78 is 0. The number of nitrogens with one attached hydrogen (secondary N) is 5. The van der Waals surface area contributed by atoms with Gasteiger partial charge in [0.25, 0.3) is 0 Å². The zero-order chi connectivity index (χ0) is 37.4. The molecule has 50 heavy (non-hydrogen) atoms. The predicted molar refractivity (Wildman–Crippen MR) is 197 cm³/mol. The van der Waals surface area contributed by atoms with Gasteiger partial charge in [-0.1, -0.05) is 92.1 Å². The third kappa shape index (κ3) is 14.7. The van der Waals surface area contributed by atoms with Crippen LogP contribution in [0.4, 0.5) is 5.69 Å². The number of carbonyl (C=O) groups excluding carboxylic acids is 5. The molecule has 1 unspecified atom stereocenters. The lowest BCUT2D eigenvalue weighted by Gasteiger charge is -2.31. The van der Waals surface area contributed by atoms with E-state index in [2.05, 4.69) is 31.6 Å². The minimum Gasteiger partial charge on any atom is -0.350 e. The van der Waals surface area contributed by atoms with Gasteiger partial charge in [0.05, 0.1) is 11.9 Å². The molecule has 1 aromatic carbocycles. The monoisotopic (exact) mass is 693 g/mol. The van der Waals surface area contributed by atoms with Crippen LogP contribution >= 0.6 is 0 Å². The van der Waals surface area contributed by atoms with Crippen molar-refractivity contribution >= 4 is 35.2 Å². The first-order valence-corrected chi connectivity index (χ1v) is 17.8. The molecule has 2 aromatic rings. The number of nitrogens with zero attached hydrogens (tertiary/aromatic N) is 1. The van der Waals surface area contributed by atoms with Crippen molar-refractivity contribution in [2.45, 2.75) is 118 Å². The van der Waals surface area contributed by atoms with Gasteiger partial charge in [-0.15, -0.1) is 0 Å². The van der Waals surface area contributed by atoms with Crippen LogP contribution in [0.15, 0.2) is 54.9 Å². The van der Waals surface area contributed by atoms with Crippen LogP contribution < -0.4 is 32.3 Å². The Labute approximate surface area is 297 Å². The summed E-state index contributed by atoms with van der Waals surface area (Å²) in [6.07, 6.45) is 4.64. The Hall–Kier alpha value is -4.32. The summed E-state index contributed by atoms with van der Waals surface area (Å²) in [4.78, 5) is 70.6. The lowest BCUT2D eigenvalue weighted by molar-refractivity contribution is -0.133. The van der Waals surface area contributed by atoms with Gasteiger partial charge in [0.15, 0.2) is 0 Å². The quantitative estimate of drug-likeness (QED) is 0.122. The maximum atomic E-state index is 13.9. The molecular weight excluding hydrogens is 634 g/mol. The van der Waals surface area contributed by atoms with E-state index < -0.39 is 47.9 Å². The lowest BCUT2D eigenvalue weighted by Crippen LogP contribution is -2.59. The van der Waals surface area contributed by atoms with Gasteiger partial charge in [-0.05, 0) is 54.2 Å². The number of carbonyl (C=O) groups is 5. The molecule has 1 heterocycles. The van der Waals surface area contributed by atoms with Crippen LogP contribution in [0.1, 0.15) is 86.6 Å². The van der Waals surface area contributed by atoms with Crippen molar-refractivity contribution in [3.05, 3.63) is 60.4 Å². The number of nitrogens with two attached hydrogens (primary N) is 1. The molecule has 0 aliphatic rings. The number of benzene rings is 1. The molecule has 12 nitrogen and oxygen atoms in total. The zero-order valence-corrected chi connectivity index (χ0v) is 31.0. The minimum absolute atomic E-state index is 0.122. The fraction of sp³-hybridized carbons (Fsp3) is 0.579. The molecule has 0 aliphatic heterocycles. The van der Waals surface area contributed by atoms with E-state index in [1.165, 1.54) is 6.20 Å². The Morgan fingerprint density at radius 2 is 1.38 bits per heavy atom. The topological polar surface area (TPSA) is 184 Å². The molecule has 6 atom stereocenters. The first-order valence-electron chi connectivity index (χ1n) is 17.8. The van der Waals surface area contributed by atoms with Crippen molar-refractivity contribution in [2.24, 2.45) is 29.4 Å². The summed E-state index contributed by atoms with van der Waals surface area (Å²) in [6, 6.07) is 8.83. The maximum absolute atomic E-state index is 13.9. The van der Waals surface area contributed by atoms with Gasteiger partial charge >= 0.3 is 0 Å². The number of anilines is 1. The molecular formula is C38H59N7O5. The Balaban J connectivity index is 2.23. The number of pyridine rings is 1. The highest BCUT2D eigenvalue weighted by Gasteiger charge is 2.33. The minimum atomic E-state index is -0.926. The zero-order valence-electron chi connectivity index (χ0n) is 31.0. The number of amides is 5. The van der Waals surface area contributed by atoms with Crippen LogP contribution in [0.2, 0.25) is 0 Å². The van der Waals surface area contributed by atoms with Gasteiger partial charge in [-0.2, -0.15) is 0 Å². The number of rotatable bonds is 20. The van der Waals surface area contributed by atoms with E-state index in [9.17, 15) is 24.0 Å². The van der Waals surface area contributed by atoms with E-state index in [0.29, 0.717) is 24.9 Å². The fourth-order valence-corrected chi connectivity index (χ4v) is 5.51. The number of hydrogen-bond acceptors (Lipinski definition) is 7. The van der Waals surface area contributed by atoms with Crippen molar-refractivity contribution < 1.29 is 24.0 Å². The van der Waals surface area contributed by atoms with E-state index in [1.807, 2.05) is 85.7 Å². The van der Waals surface area contributed by atoms with Crippen molar-refractivity contribution in [1.29, 1.82) is 0 Å². The maximum Gasteiger partial charge on any atom is 0.247 e. The van der Waals surface area contributed by atoms with Crippen molar-refractivity contribution in [3.8, 4) is 0 Å². The third-order valence-electron chi connectivity index (χ3n) is 8.50. The Morgan fingerprint density at radius 3 is 1.94 bits per heavy atom. The van der Waals surface area contributed by atoms with Gasteiger partial charge in [-0.25, -0.2) is 0 Å². The molecule has 0 fully saturated rings. The molecule has 2 rings (SSSR count). The molecule has 7 N–H and O–H groups in total. The number of aromatic nitrogens is 1. The summed E-state index contributed by atoms with van der Waals surface area (Å²) >= 11 is 0. The van der Waals surface area contributed by atoms with Gasteiger partial charge in [0, 0.05) is 31.1 Å². The largest absolute Gasteiger partial charge is 0.350 e. The van der Waals surface area contributed by atoms with Crippen LogP contribution in [0.25, 0.3) is 0 Å². The summed E-state index contributed by atoms with van der Waals surface area (Å²) in [5.41, 5.74) is 8.07. The SMILES string of the molecule is CC[C@H](C)[C@H](NC(=O)C[C@H](N)[C@H](Cc1ccccc1)NC(=O)C(NC(=O)[C@H](CC(C)C)NC(=O)CC(C)C)C(C)C)C(=O)Nc1cccnc1. The smallest absolute Gasteiger partial charge is 0.247 e. The predicted octanol–water partition coefficient (Wildman–Crippen LogP) is 3.71. The van der Waals surface area contributed by atoms with Crippen LogP contribution in [0.5, 0.6) is 0 Å². The molecule has 0 radical (unpaired) electrons. The number of hydrogen-bond donors (Lipinski definition) is 6. The van der Waals surface area contributed by atoms with E-state index >= 15 is 0 Å². The van der Waals surface area contributed by atoms with Crippen molar-refractivity contribution in [2.75, 3.05) is 5.32 Å². The van der Waals surface area contributed by atoms with E-state index in [-0.39, 0.29) is 48.3 Å². The van der Waals surface area contributed by atoms with E-state index in [1.54, 1.807) is 18.3 Å². The average Bonchev–Trinajstić information content (AvgIpc) is 3.05. The molecule has 1 aromatic heterocycles. The molecule has 0 saturated heterocycles. The molecule has 0 saturated carbocycles. The van der Waals surface area contributed by atoms with Crippen LogP contribution in [0.3, 0.4) is 0 Å². The second-order valence-corrected chi connectivity index (χ2v) is 14.4. The first-order chi connectivity index (χ1) is 23.6. The molecule has 5 amide bonds. The Kier molecular flexibility index (Phi) is 17.6. The summed E-state index contributed by atoms with van der Waals surface area (Å²) in [5.74, 6) is -2.11. The van der Waals surface area contributed by atoms with E-state index in [4.69, 9.17) is 5.73 Å². The van der Waals surface area contributed by atoms with Crippen LogP contribution in [-0.4, -0.2) is 64.7 Å². The normalized spacial score (nSPS) is 15.0. The molecule has 0 spiro atoms.